The zero-order valence-corrected chi connectivity index (χ0v) is 11.9. The van der Waals surface area contributed by atoms with Gasteiger partial charge in [-0.15, -0.1) is 0 Å². The number of fused-ring (bicyclic) bond motifs is 1. The van der Waals surface area contributed by atoms with E-state index in [4.69, 9.17) is 0 Å². The van der Waals surface area contributed by atoms with Crippen LogP contribution < -0.4 is 5.32 Å². The van der Waals surface area contributed by atoms with Gasteiger partial charge >= 0.3 is 0 Å². The largest absolute Gasteiger partial charge is 0.381 e. The van der Waals surface area contributed by atoms with Crippen LogP contribution in [0.15, 0.2) is 34.9 Å². The number of para-hydroxylation sites is 1. The fourth-order valence-electron chi connectivity index (χ4n) is 2.72. The molecule has 1 aromatic heterocycles. The van der Waals surface area contributed by atoms with E-state index < -0.39 is 0 Å². The molecule has 1 aliphatic carbocycles. The minimum Gasteiger partial charge on any atom is -0.381 e. The van der Waals surface area contributed by atoms with Crippen LogP contribution in [0.2, 0.25) is 0 Å². The zero-order chi connectivity index (χ0) is 12.4. The van der Waals surface area contributed by atoms with Crippen molar-refractivity contribution in [3.05, 3.63) is 34.9 Å². The van der Waals surface area contributed by atoms with E-state index in [0.717, 1.165) is 9.99 Å². The molecule has 0 unspecified atom stereocenters. The van der Waals surface area contributed by atoms with Gasteiger partial charge in [0.15, 0.2) is 0 Å². The van der Waals surface area contributed by atoms with Crippen molar-refractivity contribution in [2.24, 2.45) is 0 Å². The number of aromatic nitrogens is 1. The summed E-state index contributed by atoms with van der Waals surface area (Å²) in [6, 6.07) is 9.09. The molecule has 18 heavy (non-hydrogen) atoms. The summed E-state index contributed by atoms with van der Waals surface area (Å²) in [4.78, 5) is 4.54. The van der Waals surface area contributed by atoms with Crippen LogP contribution in [0.25, 0.3) is 10.9 Å². The number of halogens is 1. The normalized spacial score (nSPS) is 16.9. The molecule has 2 nitrogen and oxygen atoms in total. The summed E-state index contributed by atoms with van der Waals surface area (Å²) in [6.07, 6.45) is 8.52. The summed E-state index contributed by atoms with van der Waals surface area (Å²) >= 11 is 3.47. The summed E-state index contributed by atoms with van der Waals surface area (Å²) in [5, 5.41) is 4.85. The van der Waals surface area contributed by atoms with Gasteiger partial charge in [-0.25, -0.2) is 0 Å². The van der Waals surface area contributed by atoms with E-state index in [1.807, 2.05) is 6.20 Å². The summed E-state index contributed by atoms with van der Waals surface area (Å²) in [5.41, 5.74) is 2.25. The Hall–Kier alpha value is -1.09. The lowest BCUT2D eigenvalue weighted by Crippen LogP contribution is -2.22. The van der Waals surface area contributed by atoms with Crippen LogP contribution in [-0.2, 0) is 0 Å². The highest BCUT2D eigenvalue weighted by Crippen LogP contribution is 2.27. The van der Waals surface area contributed by atoms with Gasteiger partial charge in [-0.2, -0.15) is 0 Å². The predicted molar refractivity (Wildman–Crippen MR) is 79.9 cm³/mol. The molecule has 0 saturated heterocycles. The van der Waals surface area contributed by atoms with Crippen molar-refractivity contribution < 1.29 is 0 Å². The molecule has 3 heteroatoms. The first-order chi connectivity index (χ1) is 8.83. The van der Waals surface area contributed by atoms with Crippen LogP contribution in [-0.4, -0.2) is 11.0 Å². The van der Waals surface area contributed by atoms with Crippen molar-refractivity contribution in [3.63, 3.8) is 0 Å². The van der Waals surface area contributed by atoms with Crippen LogP contribution in [0.4, 0.5) is 5.69 Å². The molecule has 1 saturated carbocycles. The number of nitrogens with zero attached hydrogens (tertiary/aromatic N) is 1. The number of hydrogen-bond donors (Lipinski definition) is 1. The average Bonchev–Trinajstić information content (AvgIpc) is 2.40. The molecular weight excluding hydrogens is 288 g/mol. The topological polar surface area (TPSA) is 24.9 Å². The smallest absolute Gasteiger partial charge is 0.0934 e. The van der Waals surface area contributed by atoms with E-state index in [1.165, 1.54) is 43.2 Å². The highest BCUT2D eigenvalue weighted by molar-refractivity contribution is 9.10. The van der Waals surface area contributed by atoms with Crippen molar-refractivity contribution in [1.82, 2.24) is 4.98 Å². The van der Waals surface area contributed by atoms with Gasteiger partial charge < -0.3 is 5.32 Å². The Morgan fingerprint density at radius 3 is 2.83 bits per heavy atom. The minimum atomic E-state index is 0.620. The Bertz CT molecular complexity index is 547. The molecule has 0 amide bonds. The van der Waals surface area contributed by atoms with Crippen molar-refractivity contribution in [3.8, 4) is 0 Å². The van der Waals surface area contributed by atoms with Crippen LogP contribution in [0.1, 0.15) is 32.1 Å². The molecule has 0 bridgehead atoms. The molecule has 1 heterocycles. The number of hydrogen-bond acceptors (Lipinski definition) is 2. The highest BCUT2D eigenvalue weighted by atomic mass is 79.9. The fraction of sp³-hybridized carbons (Fsp3) is 0.400. The van der Waals surface area contributed by atoms with Gasteiger partial charge in [0.25, 0.3) is 0 Å². The molecule has 0 aliphatic heterocycles. The first-order valence-electron chi connectivity index (χ1n) is 6.64. The monoisotopic (exact) mass is 304 g/mol. The Kier molecular flexibility index (Phi) is 3.50. The first kappa shape index (κ1) is 12.0. The van der Waals surface area contributed by atoms with E-state index in [2.05, 4.69) is 50.5 Å². The summed E-state index contributed by atoms with van der Waals surface area (Å²) in [5.74, 6) is 0. The Morgan fingerprint density at radius 1 is 1.17 bits per heavy atom. The van der Waals surface area contributed by atoms with Gasteiger partial charge in [-0.3, -0.25) is 4.98 Å². The number of nitrogens with one attached hydrogen (secondary N) is 1. The van der Waals surface area contributed by atoms with Gasteiger partial charge in [0, 0.05) is 22.1 Å². The Labute approximate surface area is 116 Å². The molecule has 3 rings (SSSR count). The summed E-state index contributed by atoms with van der Waals surface area (Å²) in [7, 11) is 0. The second kappa shape index (κ2) is 5.27. The number of anilines is 1. The van der Waals surface area contributed by atoms with Crippen molar-refractivity contribution in [1.29, 1.82) is 0 Å². The fourth-order valence-corrected chi connectivity index (χ4v) is 3.07. The van der Waals surface area contributed by atoms with Crippen LogP contribution in [0.3, 0.4) is 0 Å². The third kappa shape index (κ3) is 2.51. The number of benzene rings is 1. The molecule has 2 aromatic rings. The van der Waals surface area contributed by atoms with Crippen LogP contribution in [0.5, 0.6) is 0 Å². The second-order valence-electron chi connectivity index (χ2n) is 5.01. The summed E-state index contributed by atoms with van der Waals surface area (Å²) < 4.78 is 1.03. The number of pyridine rings is 1. The summed E-state index contributed by atoms with van der Waals surface area (Å²) in [6.45, 7) is 0. The Morgan fingerprint density at radius 2 is 2.00 bits per heavy atom. The Balaban J connectivity index is 1.91. The third-order valence-electron chi connectivity index (χ3n) is 3.64. The molecule has 0 radical (unpaired) electrons. The lowest BCUT2D eigenvalue weighted by molar-refractivity contribution is 0.463. The van der Waals surface area contributed by atoms with Gasteiger partial charge in [-0.1, -0.05) is 31.4 Å². The van der Waals surface area contributed by atoms with E-state index in [-0.39, 0.29) is 0 Å². The SMILES string of the molecule is Brc1cnc2c(NC3CCCCC3)cccc2c1. The van der Waals surface area contributed by atoms with Crippen LogP contribution >= 0.6 is 15.9 Å². The van der Waals surface area contributed by atoms with Gasteiger partial charge in [0.05, 0.1) is 11.2 Å². The molecular formula is C15H17BrN2. The van der Waals surface area contributed by atoms with Crippen molar-refractivity contribution in [2.45, 2.75) is 38.1 Å². The van der Waals surface area contributed by atoms with Gasteiger partial charge in [0.2, 0.25) is 0 Å². The molecule has 94 valence electrons. The highest BCUT2D eigenvalue weighted by Gasteiger charge is 2.14. The van der Waals surface area contributed by atoms with E-state index >= 15 is 0 Å². The van der Waals surface area contributed by atoms with Crippen LogP contribution in [0, 0.1) is 0 Å². The van der Waals surface area contributed by atoms with Crippen molar-refractivity contribution in [2.75, 3.05) is 5.32 Å². The van der Waals surface area contributed by atoms with Gasteiger partial charge in [-0.05, 0) is 40.9 Å². The average molecular weight is 305 g/mol. The lowest BCUT2D eigenvalue weighted by Gasteiger charge is -2.24. The quantitative estimate of drug-likeness (QED) is 0.866. The zero-order valence-electron chi connectivity index (χ0n) is 10.3. The molecule has 1 fully saturated rings. The standard InChI is InChI=1S/C15H17BrN2/c16-12-9-11-5-4-8-14(15(11)17-10-12)18-13-6-2-1-3-7-13/h4-5,8-10,13,18H,1-3,6-7H2. The third-order valence-corrected chi connectivity index (χ3v) is 4.08. The van der Waals surface area contributed by atoms with Gasteiger partial charge in [0.1, 0.15) is 0 Å². The maximum atomic E-state index is 4.54. The molecule has 1 N–H and O–H groups in total. The predicted octanol–water partition coefficient (Wildman–Crippen LogP) is 4.74. The second-order valence-corrected chi connectivity index (χ2v) is 5.93. The van der Waals surface area contributed by atoms with E-state index in [0.29, 0.717) is 6.04 Å². The molecule has 1 aliphatic rings. The molecule has 0 atom stereocenters. The lowest BCUT2D eigenvalue weighted by atomic mass is 9.95. The van der Waals surface area contributed by atoms with E-state index in [9.17, 15) is 0 Å². The van der Waals surface area contributed by atoms with Crippen molar-refractivity contribution >= 4 is 32.5 Å². The number of rotatable bonds is 2. The maximum absolute atomic E-state index is 4.54. The van der Waals surface area contributed by atoms with E-state index in [1.54, 1.807) is 0 Å². The molecule has 0 spiro atoms. The maximum Gasteiger partial charge on any atom is 0.0934 e. The minimum absolute atomic E-state index is 0.620. The first-order valence-corrected chi connectivity index (χ1v) is 7.43. The molecule has 1 aromatic carbocycles.